The lowest BCUT2D eigenvalue weighted by Gasteiger charge is -2.14. The van der Waals surface area contributed by atoms with Crippen LogP contribution in [0.1, 0.15) is 48.7 Å². The molecule has 3 aromatic rings. The molecule has 0 bridgehead atoms. The molecule has 164 valence electrons. The molecule has 0 unspecified atom stereocenters. The van der Waals surface area contributed by atoms with Crippen LogP contribution in [0.15, 0.2) is 52.6 Å². The molecule has 2 aliphatic rings. The van der Waals surface area contributed by atoms with Crippen LogP contribution in [0.5, 0.6) is 0 Å². The molecule has 1 saturated carbocycles. The predicted octanol–water partition coefficient (Wildman–Crippen LogP) is 5.83. The summed E-state index contributed by atoms with van der Waals surface area (Å²) >= 11 is 14.6. The Bertz CT molecular complexity index is 1220. The molecule has 0 saturated heterocycles. The Morgan fingerprint density at radius 2 is 1.94 bits per heavy atom. The number of aliphatic imine (C=N–C) groups is 1. The van der Waals surface area contributed by atoms with Crippen molar-refractivity contribution in [3.63, 3.8) is 0 Å². The number of hydrogen-bond donors (Lipinski definition) is 1. The number of aromatic nitrogens is 3. The molecule has 1 aromatic heterocycles. The number of aliphatic carboxylic acids is 1. The van der Waals surface area contributed by atoms with E-state index >= 15 is 0 Å². The summed E-state index contributed by atoms with van der Waals surface area (Å²) in [5.41, 5.74) is 3.12. The van der Waals surface area contributed by atoms with Crippen molar-refractivity contribution >= 4 is 46.6 Å². The van der Waals surface area contributed by atoms with Crippen LogP contribution in [-0.4, -0.2) is 37.3 Å². The van der Waals surface area contributed by atoms with Crippen molar-refractivity contribution in [2.75, 3.05) is 5.75 Å². The fraction of sp³-hybridized carbons (Fsp3) is 0.304. The Labute approximate surface area is 199 Å². The number of carboxylic acid groups (broad SMARTS) is 1. The summed E-state index contributed by atoms with van der Waals surface area (Å²) < 4.78 is 2.01. The topological polar surface area (TPSA) is 80.4 Å². The van der Waals surface area contributed by atoms with E-state index in [1.54, 1.807) is 11.8 Å². The number of nitrogens with zero attached hydrogens (tertiary/aromatic N) is 4. The minimum atomic E-state index is -0.876. The van der Waals surface area contributed by atoms with Crippen molar-refractivity contribution in [3.8, 4) is 5.69 Å². The molecule has 5 rings (SSSR count). The fourth-order valence-electron chi connectivity index (χ4n) is 3.79. The third-order valence-electron chi connectivity index (χ3n) is 5.60. The standard InChI is InChI=1S/C23H20Cl2N4O2S/c24-14-7-9-19-16(11-14)21(15-3-1-2-4-17(15)25)26-18(8-10-20(30)31)22-27-28-23(29(19)22)32-12-13-5-6-13/h1-4,7,9,11,13,18H,5-6,8,10,12H2,(H,30,31)/t18-/m0/s1. The third-order valence-corrected chi connectivity index (χ3v) is 7.33. The van der Waals surface area contributed by atoms with Crippen molar-refractivity contribution in [2.45, 2.75) is 36.9 Å². The summed E-state index contributed by atoms with van der Waals surface area (Å²) in [6, 6.07) is 12.7. The lowest BCUT2D eigenvalue weighted by Crippen LogP contribution is -2.08. The van der Waals surface area contributed by atoms with Gasteiger partial charge in [-0.3, -0.25) is 14.4 Å². The zero-order valence-corrected chi connectivity index (χ0v) is 19.4. The molecule has 1 aliphatic carbocycles. The van der Waals surface area contributed by atoms with Gasteiger partial charge in [0.15, 0.2) is 11.0 Å². The van der Waals surface area contributed by atoms with E-state index < -0.39 is 12.0 Å². The van der Waals surface area contributed by atoms with Gasteiger partial charge in [0, 0.05) is 33.3 Å². The van der Waals surface area contributed by atoms with Gasteiger partial charge in [-0.05, 0) is 49.4 Å². The quantitative estimate of drug-likeness (QED) is 0.424. The molecule has 6 nitrogen and oxygen atoms in total. The van der Waals surface area contributed by atoms with Crippen LogP contribution in [0.25, 0.3) is 5.69 Å². The molecular formula is C23H20Cl2N4O2S. The van der Waals surface area contributed by atoms with E-state index in [2.05, 4.69) is 10.2 Å². The van der Waals surface area contributed by atoms with Gasteiger partial charge in [-0.25, -0.2) is 0 Å². The summed E-state index contributed by atoms with van der Waals surface area (Å²) in [4.78, 5) is 16.4. The van der Waals surface area contributed by atoms with E-state index in [1.165, 1.54) is 12.8 Å². The molecule has 0 spiro atoms. The first-order chi connectivity index (χ1) is 15.5. The number of carbonyl (C=O) groups is 1. The summed E-state index contributed by atoms with van der Waals surface area (Å²) in [5.74, 6) is 1.47. The van der Waals surface area contributed by atoms with Gasteiger partial charge in [-0.2, -0.15) is 0 Å². The van der Waals surface area contributed by atoms with Gasteiger partial charge >= 0.3 is 5.97 Å². The van der Waals surface area contributed by atoms with Crippen molar-refractivity contribution in [3.05, 3.63) is 69.5 Å². The molecule has 1 fully saturated rings. The van der Waals surface area contributed by atoms with E-state index in [0.717, 1.165) is 33.6 Å². The first kappa shape index (κ1) is 21.5. The van der Waals surface area contributed by atoms with Crippen LogP contribution in [0.3, 0.4) is 0 Å². The van der Waals surface area contributed by atoms with E-state index in [4.69, 9.17) is 28.2 Å². The molecular weight excluding hydrogens is 467 g/mol. The Hall–Kier alpha value is -2.35. The first-order valence-electron chi connectivity index (χ1n) is 10.4. The summed E-state index contributed by atoms with van der Waals surface area (Å²) in [7, 11) is 0. The van der Waals surface area contributed by atoms with E-state index in [0.29, 0.717) is 28.0 Å². The van der Waals surface area contributed by atoms with Gasteiger partial charge < -0.3 is 5.11 Å². The molecule has 1 N–H and O–H groups in total. The number of hydrogen-bond acceptors (Lipinski definition) is 5. The number of halogens is 2. The minimum Gasteiger partial charge on any atom is -0.481 e. The molecule has 1 atom stereocenters. The van der Waals surface area contributed by atoms with E-state index in [-0.39, 0.29) is 6.42 Å². The molecule has 0 amide bonds. The predicted molar refractivity (Wildman–Crippen MR) is 127 cm³/mol. The lowest BCUT2D eigenvalue weighted by atomic mass is 10.00. The highest BCUT2D eigenvalue weighted by Crippen LogP contribution is 2.39. The molecule has 9 heteroatoms. The highest BCUT2D eigenvalue weighted by Gasteiger charge is 2.31. The minimum absolute atomic E-state index is 0.0293. The van der Waals surface area contributed by atoms with E-state index in [1.807, 2.05) is 47.0 Å². The zero-order valence-electron chi connectivity index (χ0n) is 17.0. The maximum absolute atomic E-state index is 11.4. The Morgan fingerprint density at radius 1 is 1.12 bits per heavy atom. The molecule has 2 aromatic carbocycles. The molecule has 32 heavy (non-hydrogen) atoms. The van der Waals surface area contributed by atoms with Crippen molar-refractivity contribution in [1.82, 2.24) is 14.8 Å². The summed E-state index contributed by atoms with van der Waals surface area (Å²) in [6.07, 6.45) is 2.78. The van der Waals surface area contributed by atoms with Crippen molar-refractivity contribution in [2.24, 2.45) is 10.9 Å². The fourth-order valence-corrected chi connectivity index (χ4v) is 5.33. The van der Waals surface area contributed by atoms with Crippen LogP contribution >= 0.6 is 35.0 Å². The Balaban J connectivity index is 1.70. The molecule has 2 heterocycles. The Kier molecular flexibility index (Phi) is 5.97. The largest absolute Gasteiger partial charge is 0.481 e. The normalized spacial score (nSPS) is 17.3. The third kappa shape index (κ3) is 4.29. The van der Waals surface area contributed by atoms with Crippen LogP contribution in [0.2, 0.25) is 10.0 Å². The van der Waals surface area contributed by atoms with Gasteiger partial charge in [-0.1, -0.05) is 53.2 Å². The number of rotatable bonds is 7. The number of thioether (sulfide) groups is 1. The summed E-state index contributed by atoms with van der Waals surface area (Å²) in [5, 5.41) is 20.2. The first-order valence-corrected chi connectivity index (χ1v) is 12.2. The number of fused-ring (bicyclic) bond motifs is 3. The second kappa shape index (κ2) is 8.89. The maximum Gasteiger partial charge on any atom is 0.303 e. The average molecular weight is 487 g/mol. The Morgan fingerprint density at radius 3 is 2.69 bits per heavy atom. The molecule has 0 radical (unpaired) electrons. The smallest absolute Gasteiger partial charge is 0.303 e. The van der Waals surface area contributed by atoms with E-state index in [9.17, 15) is 9.90 Å². The maximum atomic E-state index is 11.4. The molecule has 1 aliphatic heterocycles. The van der Waals surface area contributed by atoms with Gasteiger partial charge in [0.05, 0.1) is 11.4 Å². The monoisotopic (exact) mass is 486 g/mol. The van der Waals surface area contributed by atoms with Crippen LogP contribution < -0.4 is 0 Å². The number of benzene rings is 2. The van der Waals surface area contributed by atoms with Crippen LogP contribution in [0.4, 0.5) is 0 Å². The highest BCUT2D eigenvalue weighted by atomic mass is 35.5. The van der Waals surface area contributed by atoms with Crippen LogP contribution in [0, 0.1) is 5.92 Å². The van der Waals surface area contributed by atoms with Crippen molar-refractivity contribution < 1.29 is 9.90 Å². The summed E-state index contributed by atoms with van der Waals surface area (Å²) in [6.45, 7) is 0. The number of carboxylic acids is 1. The van der Waals surface area contributed by atoms with Crippen molar-refractivity contribution in [1.29, 1.82) is 0 Å². The SMILES string of the molecule is O=C(O)CC[C@@H]1N=C(c2ccccc2Cl)c2cc(Cl)ccc2-n2c(SCC3CC3)nnc21. The van der Waals surface area contributed by atoms with Crippen LogP contribution in [-0.2, 0) is 4.79 Å². The second-order valence-electron chi connectivity index (χ2n) is 8.00. The van der Waals surface area contributed by atoms with Gasteiger partial charge in [0.2, 0.25) is 0 Å². The highest BCUT2D eigenvalue weighted by molar-refractivity contribution is 7.99. The second-order valence-corrected chi connectivity index (χ2v) is 9.83. The lowest BCUT2D eigenvalue weighted by molar-refractivity contribution is -0.137. The zero-order chi connectivity index (χ0) is 22.2. The van der Waals surface area contributed by atoms with Gasteiger partial charge in [0.1, 0.15) is 6.04 Å². The van der Waals surface area contributed by atoms with Gasteiger partial charge in [-0.15, -0.1) is 10.2 Å². The van der Waals surface area contributed by atoms with Gasteiger partial charge in [0.25, 0.3) is 0 Å². The average Bonchev–Trinajstić information content (AvgIpc) is 3.53.